The fourth-order valence-electron chi connectivity index (χ4n) is 1.94. The Morgan fingerprint density at radius 1 is 1.37 bits per heavy atom. The van der Waals surface area contributed by atoms with E-state index in [4.69, 9.17) is 4.84 Å². The molecule has 2 N–H and O–H groups in total. The summed E-state index contributed by atoms with van der Waals surface area (Å²) < 4.78 is 0. The highest BCUT2D eigenvalue weighted by atomic mass is 16.7. The van der Waals surface area contributed by atoms with E-state index in [1.165, 1.54) is 7.11 Å². The Morgan fingerprint density at radius 3 is 2.58 bits per heavy atom. The Kier molecular flexibility index (Phi) is 3.37. The molecule has 6 heteroatoms. The van der Waals surface area contributed by atoms with E-state index in [-0.39, 0.29) is 12.1 Å². The Labute approximate surface area is 110 Å². The molecule has 1 aromatic carbocycles. The molecule has 0 saturated carbocycles. The smallest absolute Gasteiger partial charge is 0.296 e. The minimum absolute atomic E-state index is 0.0769. The van der Waals surface area contributed by atoms with Gasteiger partial charge in [0.2, 0.25) is 5.72 Å². The van der Waals surface area contributed by atoms with Crippen LogP contribution in [0.25, 0.3) is 0 Å². The Hall–Kier alpha value is -2.18. The molecule has 1 aliphatic heterocycles. The fraction of sp³-hybridized carbons (Fsp3) is 0.231. The summed E-state index contributed by atoms with van der Waals surface area (Å²) in [6.45, 7) is 3.40. The number of carbonyl (C=O) groups excluding carboxylic acids is 2. The van der Waals surface area contributed by atoms with Crippen molar-refractivity contribution in [1.82, 2.24) is 10.4 Å². The lowest BCUT2D eigenvalue weighted by Gasteiger charge is -2.40. The van der Waals surface area contributed by atoms with Crippen molar-refractivity contribution in [2.45, 2.75) is 12.1 Å². The van der Waals surface area contributed by atoms with Crippen molar-refractivity contribution in [2.24, 2.45) is 0 Å². The molecule has 0 radical (unpaired) electrons. The molecule has 1 fully saturated rings. The predicted molar refractivity (Wildman–Crippen MR) is 66.2 cm³/mol. The first-order chi connectivity index (χ1) is 8.99. The van der Waals surface area contributed by atoms with Gasteiger partial charge in [0, 0.05) is 6.42 Å². The zero-order chi connectivity index (χ0) is 14.0. The van der Waals surface area contributed by atoms with Gasteiger partial charge in [-0.1, -0.05) is 36.9 Å². The summed E-state index contributed by atoms with van der Waals surface area (Å²) in [7, 11) is 1.21. The number of carbonyl (C=O) groups is 2. The van der Waals surface area contributed by atoms with Gasteiger partial charge in [0.05, 0.1) is 7.11 Å². The Morgan fingerprint density at radius 2 is 2.00 bits per heavy atom. The van der Waals surface area contributed by atoms with Crippen LogP contribution in [0.15, 0.2) is 42.6 Å². The fourth-order valence-corrected chi connectivity index (χ4v) is 1.94. The second-order valence-corrected chi connectivity index (χ2v) is 4.19. The highest BCUT2D eigenvalue weighted by Crippen LogP contribution is 2.24. The molecule has 6 nitrogen and oxygen atoms in total. The summed E-state index contributed by atoms with van der Waals surface area (Å²) >= 11 is 0. The lowest BCUT2D eigenvalue weighted by atomic mass is 9.99. The highest BCUT2D eigenvalue weighted by molar-refractivity contribution is 6.04. The molecule has 2 amide bonds. The molecule has 0 spiro atoms. The van der Waals surface area contributed by atoms with Crippen LogP contribution in [0.2, 0.25) is 0 Å². The maximum Gasteiger partial charge on any atom is 0.296 e. The van der Waals surface area contributed by atoms with Crippen molar-refractivity contribution < 1.29 is 19.5 Å². The van der Waals surface area contributed by atoms with E-state index in [0.717, 1.165) is 0 Å². The molecule has 1 saturated heterocycles. The largest absolute Gasteiger partial charge is 0.361 e. The summed E-state index contributed by atoms with van der Waals surface area (Å²) in [5, 5.41) is 13.4. The van der Waals surface area contributed by atoms with E-state index in [9.17, 15) is 14.7 Å². The SMILES string of the molecule is C=C1NC(=O)C(O)(Cc2ccccc2)N(OC)C1=O. The van der Waals surface area contributed by atoms with E-state index in [1.807, 2.05) is 6.07 Å². The molecule has 0 aliphatic carbocycles. The molecule has 0 aromatic heterocycles. The molecule has 1 heterocycles. The number of hydroxylamine groups is 2. The van der Waals surface area contributed by atoms with E-state index >= 15 is 0 Å². The van der Waals surface area contributed by atoms with Gasteiger partial charge in [-0.15, -0.1) is 0 Å². The third-order valence-electron chi connectivity index (χ3n) is 2.88. The third kappa shape index (κ3) is 2.23. The van der Waals surface area contributed by atoms with Crippen LogP contribution in [0.1, 0.15) is 5.56 Å². The van der Waals surface area contributed by atoms with Crippen LogP contribution in [-0.2, 0) is 20.8 Å². The van der Waals surface area contributed by atoms with Gasteiger partial charge in [-0.25, -0.2) is 0 Å². The molecular formula is C13H14N2O4. The van der Waals surface area contributed by atoms with Gasteiger partial charge in [0.1, 0.15) is 5.70 Å². The van der Waals surface area contributed by atoms with Crippen LogP contribution in [0.4, 0.5) is 0 Å². The molecule has 1 aromatic rings. The van der Waals surface area contributed by atoms with Crippen molar-refractivity contribution in [3.63, 3.8) is 0 Å². The van der Waals surface area contributed by atoms with Gasteiger partial charge in [0.15, 0.2) is 0 Å². The summed E-state index contributed by atoms with van der Waals surface area (Å²) in [6, 6.07) is 8.85. The average Bonchev–Trinajstić information content (AvgIpc) is 2.38. The van der Waals surface area contributed by atoms with Crippen LogP contribution < -0.4 is 5.32 Å². The Balaban J connectivity index is 2.35. The van der Waals surface area contributed by atoms with Gasteiger partial charge in [-0.05, 0) is 5.56 Å². The van der Waals surface area contributed by atoms with Crippen LogP contribution in [0, 0.1) is 0 Å². The second kappa shape index (κ2) is 4.83. The molecule has 1 aliphatic rings. The standard InChI is InChI=1S/C13H14N2O4/c1-9-11(16)15(19-2)13(18,12(17)14-9)8-10-6-4-3-5-7-10/h3-7,18H,1,8H2,2H3,(H,14,17). The van der Waals surface area contributed by atoms with Gasteiger partial charge >= 0.3 is 0 Å². The maximum atomic E-state index is 11.9. The van der Waals surface area contributed by atoms with Gasteiger partial charge in [-0.3, -0.25) is 14.4 Å². The number of nitrogens with zero attached hydrogens (tertiary/aromatic N) is 1. The summed E-state index contributed by atoms with van der Waals surface area (Å²) in [5.74, 6) is -1.43. The summed E-state index contributed by atoms with van der Waals surface area (Å²) in [4.78, 5) is 28.6. The van der Waals surface area contributed by atoms with E-state index < -0.39 is 17.5 Å². The molecule has 19 heavy (non-hydrogen) atoms. The lowest BCUT2D eigenvalue weighted by molar-refractivity contribution is -0.260. The molecule has 100 valence electrons. The number of rotatable bonds is 3. The highest BCUT2D eigenvalue weighted by Gasteiger charge is 2.50. The summed E-state index contributed by atoms with van der Waals surface area (Å²) in [6.07, 6.45) is -0.0769. The number of hydrogen-bond donors (Lipinski definition) is 2. The van der Waals surface area contributed by atoms with Crippen molar-refractivity contribution in [3.05, 3.63) is 48.2 Å². The van der Waals surface area contributed by atoms with Gasteiger partial charge in [0.25, 0.3) is 11.8 Å². The minimum Gasteiger partial charge on any atom is -0.361 e. The van der Waals surface area contributed by atoms with Crippen molar-refractivity contribution >= 4 is 11.8 Å². The van der Waals surface area contributed by atoms with Crippen LogP contribution in [0.3, 0.4) is 0 Å². The van der Waals surface area contributed by atoms with Crippen LogP contribution in [-0.4, -0.2) is 34.8 Å². The zero-order valence-electron chi connectivity index (χ0n) is 10.4. The number of piperazine rings is 1. The maximum absolute atomic E-state index is 11.9. The molecular weight excluding hydrogens is 248 g/mol. The molecule has 1 unspecified atom stereocenters. The number of benzene rings is 1. The topological polar surface area (TPSA) is 78.9 Å². The first kappa shape index (κ1) is 13.3. The quantitative estimate of drug-likeness (QED) is 0.749. The Bertz CT molecular complexity index is 529. The number of hydrogen-bond acceptors (Lipinski definition) is 4. The molecule has 0 bridgehead atoms. The predicted octanol–water partition coefficient (Wildman–Crippen LogP) is -0.0488. The van der Waals surface area contributed by atoms with Gasteiger partial charge < -0.3 is 10.4 Å². The van der Waals surface area contributed by atoms with E-state index in [1.54, 1.807) is 24.3 Å². The van der Waals surface area contributed by atoms with Crippen LogP contribution in [0.5, 0.6) is 0 Å². The molecule has 1 atom stereocenters. The van der Waals surface area contributed by atoms with Crippen molar-refractivity contribution in [2.75, 3.05) is 7.11 Å². The normalized spacial score (nSPS) is 23.5. The van der Waals surface area contributed by atoms with Crippen LogP contribution >= 0.6 is 0 Å². The first-order valence-corrected chi connectivity index (χ1v) is 5.64. The first-order valence-electron chi connectivity index (χ1n) is 5.64. The number of amides is 2. The monoisotopic (exact) mass is 262 g/mol. The van der Waals surface area contributed by atoms with E-state index in [0.29, 0.717) is 10.6 Å². The molecule has 2 rings (SSSR count). The lowest BCUT2D eigenvalue weighted by Crippen LogP contribution is -2.66. The zero-order valence-corrected chi connectivity index (χ0v) is 10.4. The number of aliphatic hydroxyl groups is 1. The second-order valence-electron chi connectivity index (χ2n) is 4.19. The van der Waals surface area contributed by atoms with Gasteiger partial charge in [-0.2, -0.15) is 5.06 Å². The van der Waals surface area contributed by atoms with Crippen molar-refractivity contribution in [3.8, 4) is 0 Å². The third-order valence-corrected chi connectivity index (χ3v) is 2.88. The van der Waals surface area contributed by atoms with E-state index in [2.05, 4.69) is 11.9 Å². The average molecular weight is 262 g/mol. The van der Waals surface area contributed by atoms with Crippen molar-refractivity contribution in [1.29, 1.82) is 0 Å². The summed E-state index contributed by atoms with van der Waals surface area (Å²) in [5.41, 5.74) is -1.53. The minimum atomic E-state index is -2.09. The number of nitrogens with one attached hydrogen (secondary N) is 1.